The van der Waals surface area contributed by atoms with Crippen molar-refractivity contribution in [3.05, 3.63) is 29.8 Å². The van der Waals surface area contributed by atoms with E-state index in [0.717, 1.165) is 18.4 Å². The molecule has 1 atom stereocenters. The van der Waals surface area contributed by atoms with Gasteiger partial charge in [-0.2, -0.15) is 0 Å². The number of sulfonamides is 1. The van der Waals surface area contributed by atoms with Gasteiger partial charge in [0.1, 0.15) is 0 Å². The van der Waals surface area contributed by atoms with Gasteiger partial charge in [-0.05, 0) is 31.0 Å². The zero-order valence-corrected chi connectivity index (χ0v) is 12.5. The Morgan fingerprint density at radius 2 is 1.90 bits per heavy atom. The average molecular weight is 299 g/mol. The van der Waals surface area contributed by atoms with Gasteiger partial charge in [-0.1, -0.05) is 25.5 Å². The zero-order valence-electron chi connectivity index (χ0n) is 11.7. The number of nitrogens with one attached hydrogen (secondary N) is 2. The maximum atomic E-state index is 11.6. The molecule has 0 radical (unpaired) electrons. The number of benzene rings is 1. The van der Waals surface area contributed by atoms with Gasteiger partial charge in [0.15, 0.2) is 0 Å². The standard InChI is InChI=1S/C13H21N3O3S/c1-3-4-10(2)16-13(17)15-9-11-5-7-12(8-6-11)20(14,18)19/h5-8,10H,3-4,9H2,1-2H3,(H2,14,18,19)(H2,15,16,17)/t10-/m0/s1. The molecule has 0 aliphatic carbocycles. The topological polar surface area (TPSA) is 101 Å². The average Bonchev–Trinajstić information content (AvgIpc) is 2.36. The third-order valence-corrected chi connectivity index (χ3v) is 3.73. The highest BCUT2D eigenvalue weighted by Gasteiger charge is 2.08. The van der Waals surface area contributed by atoms with Gasteiger partial charge in [-0.25, -0.2) is 18.4 Å². The number of carbonyl (C=O) groups is 1. The lowest BCUT2D eigenvalue weighted by atomic mass is 10.2. The summed E-state index contributed by atoms with van der Waals surface area (Å²) in [4.78, 5) is 11.6. The van der Waals surface area contributed by atoms with E-state index in [1.807, 2.05) is 6.92 Å². The largest absolute Gasteiger partial charge is 0.336 e. The number of hydrogen-bond acceptors (Lipinski definition) is 3. The van der Waals surface area contributed by atoms with Crippen molar-refractivity contribution in [2.75, 3.05) is 0 Å². The van der Waals surface area contributed by atoms with Gasteiger partial charge in [0, 0.05) is 12.6 Å². The maximum Gasteiger partial charge on any atom is 0.315 e. The SMILES string of the molecule is CCC[C@H](C)NC(=O)NCc1ccc(S(N)(=O)=O)cc1. The van der Waals surface area contributed by atoms with E-state index in [1.54, 1.807) is 12.1 Å². The fraction of sp³-hybridized carbons (Fsp3) is 0.462. The van der Waals surface area contributed by atoms with E-state index in [2.05, 4.69) is 17.6 Å². The Morgan fingerprint density at radius 1 is 1.30 bits per heavy atom. The summed E-state index contributed by atoms with van der Waals surface area (Å²) in [5.41, 5.74) is 0.802. The van der Waals surface area contributed by atoms with Gasteiger partial charge >= 0.3 is 6.03 Å². The van der Waals surface area contributed by atoms with Crippen LogP contribution in [0.4, 0.5) is 4.79 Å². The minimum absolute atomic E-state index is 0.0577. The summed E-state index contributed by atoms with van der Waals surface area (Å²) >= 11 is 0. The zero-order chi connectivity index (χ0) is 15.2. The smallest absolute Gasteiger partial charge is 0.315 e. The molecule has 0 saturated carbocycles. The summed E-state index contributed by atoms with van der Waals surface area (Å²) < 4.78 is 22.2. The number of rotatable bonds is 6. The maximum absolute atomic E-state index is 11.6. The molecule has 0 aliphatic heterocycles. The van der Waals surface area contributed by atoms with E-state index in [0.29, 0.717) is 6.54 Å². The van der Waals surface area contributed by atoms with E-state index < -0.39 is 10.0 Å². The first-order valence-electron chi connectivity index (χ1n) is 6.49. The molecule has 0 saturated heterocycles. The lowest BCUT2D eigenvalue weighted by Gasteiger charge is -2.13. The van der Waals surface area contributed by atoms with Crippen molar-refractivity contribution in [1.29, 1.82) is 0 Å². The Kier molecular flexibility index (Phi) is 5.97. The Bertz CT molecular complexity index is 540. The van der Waals surface area contributed by atoms with E-state index in [1.165, 1.54) is 12.1 Å². The number of urea groups is 1. The van der Waals surface area contributed by atoms with Crippen molar-refractivity contribution in [1.82, 2.24) is 10.6 Å². The summed E-state index contributed by atoms with van der Waals surface area (Å²) in [7, 11) is -3.67. The molecule has 0 unspecified atom stereocenters. The van der Waals surface area contributed by atoms with Crippen LogP contribution in [0.3, 0.4) is 0 Å². The first-order valence-corrected chi connectivity index (χ1v) is 8.03. The van der Waals surface area contributed by atoms with Crippen LogP contribution in [0.15, 0.2) is 29.2 Å². The molecule has 1 aromatic rings. The van der Waals surface area contributed by atoms with Crippen molar-refractivity contribution in [2.24, 2.45) is 5.14 Å². The first kappa shape index (κ1) is 16.5. The molecule has 112 valence electrons. The van der Waals surface area contributed by atoms with Gasteiger partial charge in [0.2, 0.25) is 10.0 Å². The van der Waals surface area contributed by atoms with Crippen LogP contribution in [0.25, 0.3) is 0 Å². The predicted molar refractivity (Wildman–Crippen MR) is 77.6 cm³/mol. The van der Waals surface area contributed by atoms with Gasteiger partial charge in [0.25, 0.3) is 0 Å². The minimum Gasteiger partial charge on any atom is -0.336 e. The summed E-state index contributed by atoms with van der Waals surface area (Å²) in [5.74, 6) is 0. The third kappa shape index (κ3) is 5.58. The predicted octanol–water partition coefficient (Wildman–Crippen LogP) is 1.32. The van der Waals surface area contributed by atoms with Gasteiger partial charge in [0.05, 0.1) is 4.90 Å². The van der Waals surface area contributed by atoms with Crippen LogP contribution >= 0.6 is 0 Å². The Morgan fingerprint density at radius 3 is 2.40 bits per heavy atom. The van der Waals surface area contributed by atoms with E-state index in [4.69, 9.17) is 5.14 Å². The number of primary sulfonamides is 1. The summed E-state index contributed by atoms with van der Waals surface area (Å²) in [6.07, 6.45) is 1.94. The van der Waals surface area contributed by atoms with Crippen LogP contribution in [0.2, 0.25) is 0 Å². The van der Waals surface area contributed by atoms with Crippen molar-refractivity contribution in [3.8, 4) is 0 Å². The molecule has 0 aliphatic rings. The molecular weight excluding hydrogens is 278 g/mol. The van der Waals surface area contributed by atoms with E-state index in [9.17, 15) is 13.2 Å². The number of carbonyl (C=O) groups excluding carboxylic acids is 1. The van der Waals surface area contributed by atoms with Crippen molar-refractivity contribution in [2.45, 2.75) is 44.2 Å². The number of amides is 2. The van der Waals surface area contributed by atoms with E-state index in [-0.39, 0.29) is 17.0 Å². The molecule has 4 N–H and O–H groups in total. The molecular formula is C13H21N3O3S. The molecule has 0 fully saturated rings. The number of nitrogens with two attached hydrogens (primary N) is 1. The quantitative estimate of drug-likeness (QED) is 0.738. The van der Waals surface area contributed by atoms with Crippen LogP contribution in [-0.4, -0.2) is 20.5 Å². The van der Waals surface area contributed by atoms with Crippen molar-refractivity contribution < 1.29 is 13.2 Å². The highest BCUT2D eigenvalue weighted by atomic mass is 32.2. The fourth-order valence-corrected chi connectivity index (χ4v) is 2.27. The van der Waals surface area contributed by atoms with Crippen molar-refractivity contribution in [3.63, 3.8) is 0 Å². The third-order valence-electron chi connectivity index (χ3n) is 2.80. The highest BCUT2D eigenvalue weighted by molar-refractivity contribution is 7.89. The lowest BCUT2D eigenvalue weighted by Crippen LogP contribution is -2.40. The monoisotopic (exact) mass is 299 g/mol. The van der Waals surface area contributed by atoms with Crippen LogP contribution in [0.1, 0.15) is 32.3 Å². The normalized spacial score (nSPS) is 12.8. The molecule has 1 aromatic carbocycles. The molecule has 1 rings (SSSR count). The second kappa shape index (κ2) is 7.25. The molecule has 0 spiro atoms. The molecule has 0 aromatic heterocycles. The summed E-state index contributed by atoms with van der Waals surface area (Å²) in [6.45, 7) is 4.34. The minimum atomic E-state index is -3.67. The Balaban J connectivity index is 2.48. The first-order chi connectivity index (χ1) is 9.32. The summed E-state index contributed by atoms with van der Waals surface area (Å²) in [6, 6.07) is 5.98. The summed E-state index contributed by atoms with van der Waals surface area (Å²) in [5, 5.41) is 10.5. The molecule has 0 bridgehead atoms. The Labute approximate surface area is 119 Å². The Hall–Kier alpha value is -1.60. The van der Waals surface area contributed by atoms with Crippen molar-refractivity contribution >= 4 is 16.1 Å². The van der Waals surface area contributed by atoms with Gasteiger partial charge in [-0.3, -0.25) is 0 Å². The fourth-order valence-electron chi connectivity index (χ4n) is 1.76. The molecule has 2 amide bonds. The van der Waals surface area contributed by atoms with Crippen LogP contribution in [0.5, 0.6) is 0 Å². The van der Waals surface area contributed by atoms with Gasteiger partial charge < -0.3 is 10.6 Å². The highest BCUT2D eigenvalue weighted by Crippen LogP contribution is 2.08. The molecule has 20 heavy (non-hydrogen) atoms. The second-order valence-electron chi connectivity index (χ2n) is 4.71. The lowest BCUT2D eigenvalue weighted by molar-refractivity contribution is 0.236. The van der Waals surface area contributed by atoms with Crippen LogP contribution in [0, 0.1) is 0 Å². The van der Waals surface area contributed by atoms with Crippen LogP contribution in [-0.2, 0) is 16.6 Å². The number of hydrogen-bond donors (Lipinski definition) is 3. The molecule has 6 nitrogen and oxygen atoms in total. The molecule has 7 heteroatoms. The van der Waals surface area contributed by atoms with E-state index >= 15 is 0 Å². The second-order valence-corrected chi connectivity index (χ2v) is 6.27. The van der Waals surface area contributed by atoms with Crippen LogP contribution < -0.4 is 15.8 Å². The van der Waals surface area contributed by atoms with Gasteiger partial charge in [-0.15, -0.1) is 0 Å². The molecule has 0 heterocycles.